The van der Waals surface area contributed by atoms with E-state index in [0.29, 0.717) is 19.0 Å². The first-order valence-electron chi connectivity index (χ1n) is 6.47. The van der Waals surface area contributed by atoms with Crippen LogP contribution in [-0.4, -0.2) is 60.9 Å². The van der Waals surface area contributed by atoms with Crippen LogP contribution >= 0.6 is 0 Å². The number of nitrogens with one attached hydrogen (secondary N) is 1. The Morgan fingerprint density at radius 2 is 1.71 bits per heavy atom. The second-order valence-electron chi connectivity index (χ2n) is 5.04. The van der Waals surface area contributed by atoms with Crippen LogP contribution in [0.4, 0.5) is 0 Å². The van der Waals surface area contributed by atoms with Crippen LogP contribution in [0.1, 0.15) is 19.8 Å². The Labute approximate surface area is 102 Å². The van der Waals surface area contributed by atoms with E-state index in [4.69, 9.17) is 0 Å². The van der Waals surface area contributed by atoms with Gasteiger partial charge in [-0.25, -0.2) is 0 Å². The highest BCUT2D eigenvalue weighted by atomic mass is 16.2. The molecule has 5 nitrogen and oxygen atoms in total. The molecule has 0 aromatic carbocycles. The van der Waals surface area contributed by atoms with Crippen molar-refractivity contribution in [2.24, 2.45) is 5.92 Å². The van der Waals surface area contributed by atoms with Crippen LogP contribution in [-0.2, 0) is 9.59 Å². The third-order valence-electron chi connectivity index (χ3n) is 3.53. The van der Waals surface area contributed by atoms with Crippen LogP contribution in [0.3, 0.4) is 0 Å². The molecule has 17 heavy (non-hydrogen) atoms. The molecular weight excluding hydrogens is 218 g/mol. The van der Waals surface area contributed by atoms with Crippen molar-refractivity contribution in [2.75, 3.05) is 39.3 Å². The molecule has 0 aromatic rings. The van der Waals surface area contributed by atoms with Gasteiger partial charge in [-0.05, 0) is 18.8 Å². The smallest absolute Gasteiger partial charge is 0.312 e. The average Bonchev–Trinajstić information content (AvgIpc) is 2.38. The fourth-order valence-electron chi connectivity index (χ4n) is 2.51. The van der Waals surface area contributed by atoms with Gasteiger partial charge in [0.15, 0.2) is 0 Å². The molecule has 2 aliphatic rings. The fourth-order valence-corrected chi connectivity index (χ4v) is 2.51. The Morgan fingerprint density at radius 3 is 2.35 bits per heavy atom. The number of nitrogens with zero attached hydrogens (tertiary/aromatic N) is 2. The summed E-state index contributed by atoms with van der Waals surface area (Å²) in [5, 5.41) is 3.18. The van der Waals surface area contributed by atoms with Gasteiger partial charge in [0.05, 0.1) is 0 Å². The zero-order valence-corrected chi connectivity index (χ0v) is 10.4. The third kappa shape index (κ3) is 2.97. The number of piperazine rings is 1. The van der Waals surface area contributed by atoms with Gasteiger partial charge in [-0.3, -0.25) is 9.59 Å². The quantitative estimate of drug-likeness (QED) is 0.589. The highest BCUT2D eigenvalue weighted by Crippen LogP contribution is 2.16. The molecule has 0 aromatic heterocycles. The molecule has 0 saturated carbocycles. The van der Waals surface area contributed by atoms with Crippen molar-refractivity contribution in [2.45, 2.75) is 19.8 Å². The monoisotopic (exact) mass is 239 g/mol. The lowest BCUT2D eigenvalue weighted by molar-refractivity contribution is -0.153. The number of carbonyl (C=O) groups excluding carboxylic acids is 2. The first-order chi connectivity index (χ1) is 8.18. The molecule has 0 spiro atoms. The minimum Gasteiger partial charge on any atom is -0.334 e. The van der Waals surface area contributed by atoms with Gasteiger partial charge in [0.1, 0.15) is 0 Å². The lowest BCUT2D eigenvalue weighted by atomic mass is 10.0. The summed E-state index contributed by atoms with van der Waals surface area (Å²) in [6.45, 7) is 6.47. The van der Waals surface area contributed by atoms with Gasteiger partial charge >= 0.3 is 11.8 Å². The minimum atomic E-state index is -0.319. The van der Waals surface area contributed by atoms with E-state index >= 15 is 0 Å². The molecule has 1 N–H and O–H groups in total. The van der Waals surface area contributed by atoms with Crippen molar-refractivity contribution < 1.29 is 9.59 Å². The van der Waals surface area contributed by atoms with E-state index in [2.05, 4.69) is 12.2 Å². The summed E-state index contributed by atoms with van der Waals surface area (Å²) >= 11 is 0. The third-order valence-corrected chi connectivity index (χ3v) is 3.53. The summed E-state index contributed by atoms with van der Waals surface area (Å²) < 4.78 is 0. The largest absolute Gasteiger partial charge is 0.334 e. The van der Waals surface area contributed by atoms with Gasteiger partial charge in [-0.1, -0.05) is 6.92 Å². The summed E-state index contributed by atoms with van der Waals surface area (Å²) in [5.41, 5.74) is 0. The summed E-state index contributed by atoms with van der Waals surface area (Å²) in [7, 11) is 0. The van der Waals surface area contributed by atoms with Gasteiger partial charge in [0, 0.05) is 39.3 Å². The van der Waals surface area contributed by atoms with E-state index in [9.17, 15) is 9.59 Å². The first kappa shape index (κ1) is 12.4. The summed E-state index contributed by atoms with van der Waals surface area (Å²) in [4.78, 5) is 27.5. The van der Waals surface area contributed by atoms with E-state index in [0.717, 1.165) is 39.0 Å². The number of likely N-dealkylation sites (tertiary alicyclic amines) is 1. The van der Waals surface area contributed by atoms with Crippen molar-refractivity contribution in [1.29, 1.82) is 0 Å². The fraction of sp³-hybridized carbons (Fsp3) is 0.833. The molecule has 2 heterocycles. The van der Waals surface area contributed by atoms with Crippen LogP contribution < -0.4 is 5.32 Å². The molecule has 2 rings (SSSR count). The highest BCUT2D eigenvalue weighted by molar-refractivity contribution is 6.34. The van der Waals surface area contributed by atoms with Crippen LogP contribution in [0.15, 0.2) is 0 Å². The molecule has 1 unspecified atom stereocenters. The Bertz CT molecular complexity index is 300. The summed E-state index contributed by atoms with van der Waals surface area (Å²) in [5.74, 6) is -0.109. The zero-order valence-electron chi connectivity index (χ0n) is 10.4. The molecule has 96 valence electrons. The normalized spacial score (nSPS) is 25.8. The second-order valence-corrected chi connectivity index (χ2v) is 5.04. The SMILES string of the molecule is CC1CCCN(C(=O)C(=O)N2CCNCC2)C1. The van der Waals surface area contributed by atoms with Gasteiger partial charge in [0.2, 0.25) is 0 Å². The molecule has 2 fully saturated rings. The number of amides is 2. The van der Waals surface area contributed by atoms with Crippen molar-refractivity contribution in [3.8, 4) is 0 Å². The van der Waals surface area contributed by atoms with E-state index in [1.54, 1.807) is 9.80 Å². The maximum atomic E-state index is 12.1. The summed E-state index contributed by atoms with van der Waals surface area (Å²) in [6, 6.07) is 0. The minimum absolute atomic E-state index is 0.307. The molecular formula is C12H21N3O2. The molecule has 2 saturated heterocycles. The second kappa shape index (κ2) is 5.49. The topological polar surface area (TPSA) is 52.7 Å². The number of hydrogen-bond acceptors (Lipinski definition) is 3. The Hall–Kier alpha value is -1.10. The predicted molar refractivity (Wildman–Crippen MR) is 64.4 cm³/mol. The van der Waals surface area contributed by atoms with E-state index in [1.165, 1.54) is 0 Å². The highest BCUT2D eigenvalue weighted by Gasteiger charge is 2.29. The Kier molecular flexibility index (Phi) is 3.99. The summed E-state index contributed by atoms with van der Waals surface area (Å²) in [6.07, 6.45) is 2.17. The van der Waals surface area contributed by atoms with E-state index in [1.807, 2.05) is 0 Å². The molecule has 0 aliphatic carbocycles. The van der Waals surface area contributed by atoms with Gasteiger partial charge in [0.25, 0.3) is 0 Å². The maximum absolute atomic E-state index is 12.1. The van der Waals surface area contributed by atoms with Crippen LogP contribution in [0.5, 0.6) is 0 Å². The lowest BCUT2D eigenvalue weighted by Gasteiger charge is -2.33. The van der Waals surface area contributed by atoms with Gasteiger partial charge in [-0.2, -0.15) is 0 Å². The standard InChI is InChI=1S/C12H21N3O2/c1-10-3-2-6-15(9-10)12(17)11(16)14-7-4-13-5-8-14/h10,13H,2-9H2,1H3. The lowest BCUT2D eigenvalue weighted by Crippen LogP contribution is -2.53. The number of carbonyl (C=O) groups is 2. The molecule has 0 radical (unpaired) electrons. The van der Waals surface area contributed by atoms with Crippen molar-refractivity contribution in [3.05, 3.63) is 0 Å². The molecule has 5 heteroatoms. The van der Waals surface area contributed by atoms with Gasteiger partial charge in [-0.15, -0.1) is 0 Å². The van der Waals surface area contributed by atoms with Gasteiger partial charge < -0.3 is 15.1 Å². The Morgan fingerprint density at radius 1 is 1.06 bits per heavy atom. The molecule has 2 amide bonds. The van der Waals surface area contributed by atoms with E-state index < -0.39 is 0 Å². The number of rotatable bonds is 0. The average molecular weight is 239 g/mol. The molecule has 1 atom stereocenters. The van der Waals surface area contributed by atoms with E-state index in [-0.39, 0.29) is 11.8 Å². The van der Waals surface area contributed by atoms with Crippen molar-refractivity contribution in [1.82, 2.24) is 15.1 Å². The van der Waals surface area contributed by atoms with Crippen molar-refractivity contribution >= 4 is 11.8 Å². The van der Waals surface area contributed by atoms with Crippen LogP contribution in [0.2, 0.25) is 0 Å². The van der Waals surface area contributed by atoms with Crippen molar-refractivity contribution in [3.63, 3.8) is 0 Å². The van der Waals surface area contributed by atoms with Crippen LogP contribution in [0.25, 0.3) is 0 Å². The number of hydrogen-bond donors (Lipinski definition) is 1. The van der Waals surface area contributed by atoms with Crippen LogP contribution in [0, 0.1) is 5.92 Å². The molecule has 0 bridgehead atoms. The molecule has 2 aliphatic heterocycles. The predicted octanol–water partition coefficient (Wildman–Crippen LogP) is -0.323. The zero-order chi connectivity index (χ0) is 12.3. The first-order valence-corrected chi connectivity index (χ1v) is 6.47. The number of piperidine rings is 1. The Balaban J connectivity index is 1.91. The maximum Gasteiger partial charge on any atom is 0.312 e.